The van der Waals surface area contributed by atoms with Gasteiger partial charge in [0.1, 0.15) is 6.04 Å². The molecule has 1 N–H and O–H groups in total. The molecule has 0 aromatic rings. The highest BCUT2D eigenvalue weighted by Crippen LogP contribution is 2.05. The average molecular weight is 244 g/mol. The second-order valence-electron chi connectivity index (χ2n) is 4.37. The van der Waals surface area contributed by atoms with Crippen molar-refractivity contribution in [2.75, 3.05) is 26.7 Å². The second-order valence-corrected chi connectivity index (χ2v) is 4.37. The molecule has 2 atom stereocenters. The molecule has 0 fully saturated rings. The maximum atomic E-state index is 11.7. The summed E-state index contributed by atoms with van der Waals surface area (Å²) >= 11 is 0. The lowest BCUT2D eigenvalue weighted by atomic mass is 10.2. The summed E-state index contributed by atoms with van der Waals surface area (Å²) in [7, 11) is 1.45. The van der Waals surface area contributed by atoms with Gasteiger partial charge in [-0.1, -0.05) is 20.8 Å². The van der Waals surface area contributed by atoms with E-state index in [9.17, 15) is 4.79 Å². The largest absolute Gasteiger partial charge is 0.468 e. The van der Waals surface area contributed by atoms with Crippen LogP contribution in [0.2, 0.25) is 0 Å². The van der Waals surface area contributed by atoms with Crippen LogP contribution in [-0.4, -0.2) is 49.7 Å². The van der Waals surface area contributed by atoms with Gasteiger partial charge in [-0.25, -0.2) is 0 Å². The molecular formula is C13H28N2O2. The number of ether oxygens (including phenoxy) is 1. The maximum absolute atomic E-state index is 11.7. The smallest absolute Gasteiger partial charge is 0.324 e. The highest BCUT2D eigenvalue weighted by molar-refractivity contribution is 5.75. The molecule has 4 heteroatoms. The van der Waals surface area contributed by atoms with E-state index >= 15 is 0 Å². The van der Waals surface area contributed by atoms with Crippen LogP contribution >= 0.6 is 0 Å². The molecule has 2 unspecified atom stereocenters. The van der Waals surface area contributed by atoms with E-state index in [4.69, 9.17) is 4.74 Å². The Balaban J connectivity index is 4.42. The van der Waals surface area contributed by atoms with E-state index in [0.29, 0.717) is 6.04 Å². The van der Waals surface area contributed by atoms with Gasteiger partial charge >= 0.3 is 5.97 Å². The minimum Gasteiger partial charge on any atom is -0.468 e. The van der Waals surface area contributed by atoms with Crippen LogP contribution in [0.4, 0.5) is 0 Å². The van der Waals surface area contributed by atoms with Gasteiger partial charge in [0.2, 0.25) is 0 Å². The van der Waals surface area contributed by atoms with E-state index in [1.165, 1.54) is 7.11 Å². The molecular weight excluding hydrogens is 216 g/mol. The first-order valence-electron chi connectivity index (χ1n) is 6.65. The topological polar surface area (TPSA) is 41.6 Å². The van der Waals surface area contributed by atoms with Crippen molar-refractivity contribution in [1.29, 1.82) is 0 Å². The highest BCUT2D eigenvalue weighted by atomic mass is 16.5. The predicted octanol–water partition coefficient (Wildman–Crippen LogP) is 1.65. The van der Waals surface area contributed by atoms with Gasteiger partial charge in [0.25, 0.3) is 0 Å². The Morgan fingerprint density at radius 2 is 2.00 bits per heavy atom. The second kappa shape index (κ2) is 9.42. The zero-order chi connectivity index (χ0) is 13.3. The lowest BCUT2D eigenvalue weighted by Gasteiger charge is -2.30. The normalized spacial score (nSPS) is 14.7. The number of nitrogens with one attached hydrogen (secondary N) is 1. The molecule has 0 aromatic carbocycles. The lowest BCUT2D eigenvalue weighted by Crippen LogP contribution is -2.49. The Bertz CT molecular complexity index is 210. The summed E-state index contributed by atoms with van der Waals surface area (Å²) < 4.78 is 4.84. The third-order valence-corrected chi connectivity index (χ3v) is 3.16. The van der Waals surface area contributed by atoms with Crippen LogP contribution in [0.1, 0.15) is 40.5 Å². The fraction of sp³-hybridized carbons (Fsp3) is 0.923. The van der Waals surface area contributed by atoms with E-state index in [-0.39, 0.29) is 12.0 Å². The minimum atomic E-state index is -0.214. The van der Waals surface area contributed by atoms with Crippen LogP contribution < -0.4 is 5.32 Å². The van der Waals surface area contributed by atoms with E-state index in [1.54, 1.807) is 0 Å². The van der Waals surface area contributed by atoms with Crippen LogP contribution in [0.5, 0.6) is 0 Å². The lowest BCUT2D eigenvalue weighted by molar-refractivity contribution is -0.143. The number of nitrogens with zero attached hydrogens (tertiary/aromatic N) is 1. The minimum absolute atomic E-state index is 0.166. The van der Waals surface area contributed by atoms with Crippen LogP contribution in [0.25, 0.3) is 0 Å². The van der Waals surface area contributed by atoms with Crippen molar-refractivity contribution in [1.82, 2.24) is 10.2 Å². The summed E-state index contributed by atoms with van der Waals surface area (Å²) in [6.07, 6.45) is 2.11. The quantitative estimate of drug-likeness (QED) is 0.626. The molecule has 102 valence electrons. The SMILES string of the molecule is CCCNC(CN(CC)C(C)CC)C(=O)OC. The first-order chi connectivity index (χ1) is 8.10. The molecule has 0 rings (SSSR count). The van der Waals surface area contributed by atoms with Crippen LogP contribution in [0.3, 0.4) is 0 Å². The van der Waals surface area contributed by atoms with Crippen LogP contribution in [0, 0.1) is 0 Å². The van der Waals surface area contributed by atoms with Crippen molar-refractivity contribution in [2.24, 2.45) is 0 Å². The molecule has 4 nitrogen and oxygen atoms in total. The van der Waals surface area contributed by atoms with Crippen molar-refractivity contribution in [2.45, 2.75) is 52.6 Å². The van der Waals surface area contributed by atoms with Crippen LogP contribution in [-0.2, 0) is 9.53 Å². The van der Waals surface area contributed by atoms with Gasteiger partial charge in [-0.2, -0.15) is 0 Å². The number of esters is 1. The molecule has 17 heavy (non-hydrogen) atoms. The van der Waals surface area contributed by atoms with Gasteiger partial charge in [-0.05, 0) is 32.9 Å². The Hall–Kier alpha value is -0.610. The zero-order valence-corrected chi connectivity index (χ0v) is 12.0. The van der Waals surface area contributed by atoms with Crippen molar-refractivity contribution in [3.8, 4) is 0 Å². The molecule has 0 aliphatic rings. The monoisotopic (exact) mass is 244 g/mol. The Morgan fingerprint density at radius 1 is 1.35 bits per heavy atom. The number of rotatable bonds is 9. The third-order valence-electron chi connectivity index (χ3n) is 3.16. The Labute approximate surface area is 106 Å². The number of carbonyl (C=O) groups is 1. The molecule has 0 saturated heterocycles. The zero-order valence-electron chi connectivity index (χ0n) is 12.0. The van der Waals surface area contributed by atoms with Crippen molar-refractivity contribution < 1.29 is 9.53 Å². The Kier molecular flexibility index (Phi) is 9.09. The molecule has 0 bridgehead atoms. The van der Waals surface area contributed by atoms with E-state index in [2.05, 4.69) is 37.9 Å². The number of hydrogen-bond donors (Lipinski definition) is 1. The summed E-state index contributed by atoms with van der Waals surface area (Å²) in [5.74, 6) is -0.166. The standard InChI is InChI=1S/C13H28N2O2/c1-6-9-14-12(13(16)17-5)10-15(8-3)11(4)7-2/h11-12,14H,6-10H2,1-5H3. The fourth-order valence-corrected chi connectivity index (χ4v) is 1.80. The molecule has 0 spiro atoms. The van der Waals surface area contributed by atoms with Gasteiger partial charge in [0.05, 0.1) is 7.11 Å². The van der Waals surface area contributed by atoms with Gasteiger partial charge < -0.3 is 10.1 Å². The van der Waals surface area contributed by atoms with Gasteiger partial charge in [-0.3, -0.25) is 9.69 Å². The number of hydrogen-bond acceptors (Lipinski definition) is 4. The Morgan fingerprint density at radius 3 is 2.41 bits per heavy atom. The van der Waals surface area contributed by atoms with Crippen molar-refractivity contribution in [3.63, 3.8) is 0 Å². The predicted molar refractivity (Wildman–Crippen MR) is 71.1 cm³/mol. The average Bonchev–Trinajstić information content (AvgIpc) is 2.37. The number of likely N-dealkylation sites (N-methyl/N-ethyl adjacent to an activating group) is 1. The van der Waals surface area contributed by atoms with Gasteiger partial charge in [0.15, 0.2) is 0 Å². The fourth-order valence-electron chi connectivity index (χ4n) is 1.80. The summed E-state index contributed by atoms with van der Waals surface area (Å²) in [4.78, 5) is 14.0. The van der Waals surface area contributed by atoms with Crippen molar-refractivity contribution >= 4 is 5.97 Å². The third kappa shape index (κ3) is 6.03. The first kappa shape index (κ1) is 16.4. The maximum Gasteiger partial charge on any atom is 0.324 e. The highest BCUT2D eigenvalue weighted by Gasteiger charge is 2.22. The molecule has 0 amide bonds. The molecule has 0 radical (unpaired) electrons. The van der Waals surface area contributed by atoms with Crippen LogP contribution in [0.15, 0.2) is 0 Å². The molecule has 0 aliphatic carbocycles. The van der Waals surface area contributed by atoms with Gasteiger partial charge in [0, 0.05) is 12.6 Å². The van der Waals surface area contributed by atoms with E-state index < -0.39 is 0 Å². The van der Waals surface area contributed by atoms with Crippen molar-refractivity contribution in [3.05, 3.63) is 0 Å². The summed E-state index contributed by atoms with van der Waals surface area (Å²) in [6.45, 7) is 11.1. The molecule has 0 aromatic heterocycles. The van der Waals surface area contributed by atoms with E-state index in [1.807, 2.05) is 0 Å². The summed E-state index contributed by atoms with van der Waals surface area (Å²) in [5.41, 5.74) is 0. The number of carbonyl (C=O) groups excluding carboxylic acids is 1. The first-order valence-corrected chi connectivity index (χ1v) is 6.65. The van der Waals surface area contributed by atoms with E-state index in [0.717, 1.165) is 32.5 Å². The van der Waals surface area contributed by atoms with Gasteiger partial charge in [-0.15, -0.1) is 0 Å². The molecule has 0 saturated carbocycles. The molecule has 0 heterocycles. The summed E-state index contributed by atoms with van der Waals surface area (Å²) in [6, 6.07) is 0.282. The molecule has 0 aliphatic heterocycles. The number of methoxy groups -OCH3 is 1. The summed E-state index contributed by atoms with van der Waals surface area (Å²) in [5, 5.41) is 3.25.